The number of carbonyl (C=O) groups excluding carboxylic acids is 1. The van der Waals surface area contributed by atoms with Gasteiger partial charge in [0.2, 0.25) is 0 Å². The molecule has 3 aromatic rings. The summed E-state index contributed by atoms with van der Waals surface area (Å²) < 4.78 is 5.39. The maximum absolute atomic E-state index is 11.9. The Labute approximate surface area is 164 Å². The Balaban J connectivity index is 1.45. The van der Waals surface area contributed by atoms with Crippen LogP contribution in [0.2, 0.25) is 0 Å². The first kappa shape index (κ1) is 18.6. The molecule has 3 aromatic carbocycles. The summed E-state index contributed by atoms with van der Waals surface area (Å²) in [4.78, 5) is 11.9. The van der Waals surface area contributed by atoms with Gasteiger partial charge in [0.1, 0.15) is 5.75 Å². The van der Waals surface area contributed by atoms with E-state index < -0.39 is 0 Å². The van der Waals surface area contributed by atoms with Crippen LogP contribution in [0.3, 0.4) is 0 Å². The Bertz CT molecular complexity index is 881. The van der Waals surface area contributed by atoms with Gasteiger partial charge in [-0.05, 0) is 54.0 Å². The second kappa shape index (κ2) is 9.50. The maximum atomic E-state index is 11.9. The summed E-state index contributed by atoms with van der Waals surface area (Å²) in [7, 11) is 0. The molecule has 0 aliphatic heterocycles. The van der Waals surface area contributed by atoms with Crippen molar-refractivity contribution in [3.63, 3.8) is 0 Å². The molecule has 3 rings (SSSR count). The predicted octanol–water partition coefficient (Wildman–Crippen LogP) is 4.17. The van der Waals surface area contributed by atoms with Crippen molar-refractivity contribution in [2.75, 3.05) is 11.9 Å². The normalized spacial score (nSPS) is 10.1. The molecule has 0 saturated heterocycles. The van der Waals surface area contributed by atoms with E-state index in [0.717, 1.165) is 12.1 Å². The fourth-order valence-corrected chi connectivity index (χ4v) is 2.76. The molecule has 0 radical (unpaired) electrons. The minimum Gasteiger partial charge on any atom is -0.484 e. The molecule has 0 aliphatic carbocycles. The summed E-state index contributed by atoms with van der Waals surface area (Å²) in [6, 6.07) is 27.4. The Morgan fingerprint density at radius 3 is 2.07 bits per heavy atom. The van der Waals surface area contributed by atoms with E-state index in [2.05, 4.69) is 22.8 Å². The van der Waals surface area contributed by atoms with Gasteiger partial charge in [0.25, 0.3) is 5.91 Å². The lowest BCUT2D eigenvalue weighted by atomic mass is 10.1. The van der Waals surface area contributed by atoms with E-state index in [9.17, 15) is 4.79 Å². The van der Waals surface area contributed by atoms with Gasteiger partial charge in [-0.1, -0.05) is 60.7 Å². The molecule has 2 N–H and O–H groups in total. The van der Waals surface area contributed by atoms with Crippen LogP contribution in [0.4, 0.5) is 5.69 Å². The van der Waals surface area contributed by atoms with Crippen molar-refractivity contribution in [1.29, 1.82) is 0 Å². The third-order valence-electron chi connectivity index (χ3n) is 3.83. The first-order chi connectivity index (χ1) is 13.2. The van der Waals surface area contributed by atoms with Gasteiger partial charge in [0.05, 0.1) is 0 Å². The summed E-state index contributed by atoms with van der Waals surface area (Å²) >= 11 is 5.18. The average Bonchev–Trinajstić information content (AvgIpc) is 2.69. The van der Waals surface area contributed by atoms with E-state index in [-0.39, 0.29) is 17.6 Å². The number of amides is 1. The van der Waals surface area contributed by atoms with E-state index in [0.29, 0.717) is 5.75 Å². The highest BCUT2D eigenvalue weighted by Gasteiger charge is 2.06. The summed E-state index contributed by atoms with van der Waals surface area (Å²) in [5, 5.41) is 5.86. The number of benzene rings is 3. The van der Waals surface area contributed by atoms with Crippen LogP contribution in [-0.4, -0.2) is 17.6 Å². The van der Waals surface area contributed by atoms with Crippen molar-refractivity contribution in [3.8, 4) is 5.75 Å². The molecule has 0 spiro atoms. The Kier molecular flexibility index (Phi) is 6.55. The Morgan fingerprint density at radius 2 is 1.41 bits per heavy atom. The largest absolute Gasteiger partial charge is 0.484 e. The van der Waals surface area contributed by atoms with Gasteiger partial charge in [-0.3, -0.25) is 10.1 Å². The van der Waals surface area contributed by atoms with Crippen LogP contribution in [0.25, 0.3) is 0 Å². The zero-order valence-corrected chi connectivity index (χ0v) is 15.5. The average molecular weight is 376 g/mol. The minimum absolute atomic E-state index is 0.0954. The van der Waals surface area contributed by atoms with E-state index in [4.69, 9.17) is 17.0 Å². The SMILES string of the molecule is O=C(COc1ccccc1)NC(=S)Nc1ccc(Cc2ccccc2)cc1. The van der Waals surface area contributed by atoms with Crippen LogP contribution in [0.1, 0.15) is 11.1 Å². The van der Waals surface area contributed by atoms with Crippen molar-refractivity contribution in [3.05, 3.63) is 96.1 Å². The zero-order chi connectivity index (χ0) is 18.9. The summed E-state index contributed by atoms with van der Waals surface area (Å²) in [5.74, 6) is 0.331. The molecule has 0 aromatic heterocycles. The molecule has 0 heterocycles. The van der Waals surface area contributed by atoms with Crippen LogP contribution < -0.4 is 15.4 Å². The standard InChI is InChI=1S/C22H20N2O2S/c25-21(16-26-20-9-5-2-6-10-20)24-22(27)23-19-13-11-18(12-14-19)15-17-7-3-1-4-8-17/h1-14H,15-16H2,(H2,23,24,25,27). The third-order valence-corrected chi connectivity index (χ3v) is 4.03. The van der Waals surface area contributed by atoms with Gasteiger partial charge >= 0.3 is 0 Å². The molecular weight excluding hydrogens is 356 g/mol. The van der Waals surface area contributed by atoms with Gasteiger partial charge in [0.15, 0.2) is 11.7 Å². The number of hydrogen-bond acceptors (Lipinski definition) is 3. The minimum atomic E-state index is -0.308. The second-order valence-corrected chi connectivity index (χ2v) is 6.37. The van der Waals surface area contributed by atoms with Crippen molar-refractivity contribution < 1.29 is 9.53 Å². The predicted molar refractivity (Wildman–Crippen MR) is 112 cm³/mol. The Hall–Kier alpha value is -3.18. The van der Waals surface area contributed by atoms with Crippen molar-refractivity contribution in [1.82, 2.24) is 5.32 Å². The quantitative estimate of drug-likeness (QED) is 0.634. The van der Waals surface area contributed by atoms with E-state index in [1.165, 1.54) is 11.1 Å². The number of ether oxygens (including phenoxy) is 1. The van der Waals surface area contributed by atoms with E-state index in [1.54, 1.807) is 12.1 Å². The fraction of sp³-hybridized carbons (Fsp3) is 0.0909. The molecule has 0 aliphatic rings. The smallest absolute Gasteiger partial charge is 0.264 e. The number of hydrogen-bond donors (Lipinski definition) is 2. The molecule has 5 heteroatoms. The molecule has 0 bridgehead atoms. The van der Waals surface area contributed by atoms with Crippen LogP contribution >= 0.6 is 12.2 Å². The highest BCUT2D eigenvalue weighted by molar-refractivity contribution is 7.80. The summed E-state index contributed by atoms with van der Waals surface area (Å²) in [6.45, 7) is -0.0954. The van der Waals surface area contributed by atoms with Crippen LogP contribution in [-0.2, 0) is 11.2 Å². The number of carbonyl (C=O) groups is 1. The molecule has 0 fully saturated rings. The third kappa shape index (κ3) is 6.24. The number of thiocarbonyl (C=S) groups is 1. The lowest BCUT2D eigenvalue weighted by molar-refractivity contribution is -0.121. The maximum Gasteiger partial charge on any atom is 0.264 e. The summed E-state index contributed by atoms with van der Waals surface area (Å²) in [5.41, 5.74) is 3.29. The first-order valence-corrected chi connectivity index (χ1v) is 9.01. The van der Waals surface area contributed by atoms with Crippen LogP contribution in [0, 0.1) is 0 Å². The zero-order valence-electron chi connectivity index (χ0n) is 14.7. The highest BCUT2D eigenvalue weighted by Crippen LogP contribution is 2.13. The van der Waals surface area contributed by atoms with Crippen molar-refractivity contribution >= 4 is 28.9 Å². The lowest BCUT2D eigenvalue weighted by Crippen LogP contribution is -2.37. The molecular formula is C22H20N2O2S. The van der Waals surface area contributed by atoms with Gasteiger partial charge in [-0.2, -0.15) is 0 Å². The van der Waals surface area contributed by atoms with E-state index in [1.807, 2.05) is 60.7 Å². The van der Waals surface area contributed by atoms with Gasteiger partial charge in [0, 0.05) is 5.69 Å². The molecule has 0 atom stereocenters. The number of nitrogens with one attached hydrogen (secondary N) is 2. The van der Waals surface area contributed by atoms with Crippen LogP contribution in [0.5, 0.6) is 5.75 Å². The molecule has 0 saturated carbocycles. The first-order valence-electron chi connectivity index (χ1n) is 8.60. The van der Waals surface area contributed by atoms with Gasteiger partial charge < -0.3 is 10.1 Å². The fourth-order valence-electron chi connectivity index (χ4n) is 2.53. The highest BCUT2D eigenvalue weighted by atomic mass is 32.1. The molecule has 27 heavy (non-hydrogen) atoms. The van der Waals surface area contributed by atoms with E-state index >= 15 is 0 Å². The van der Waals surface area contributed by atoms with Crippen molar-refractivity contribution in [2.24, 2.45) is 0 Å². The summed E-state index contributed by atoms with van der Waals surface area (Å²) in [6.07, 6.45) is 0.874. The Morgan fingerprint density at radius 1 is 0.815 bits per heavy atom. The lowest BCUT2D eigenvalue weighted by Gasteiger charge is -2.11. The number of para-hydroxylation sites is 1. The molecule has 4 nitrogen and oxygen atoms in total. The molecule has 1 amide bonds. The number of rotatable bonds is 6. The second-order valence-electron chi connectivity index (χ2n) is 5.96. The topological polar surface area (TPSA) is 50.4 Å². The molecule has 0 unspecified atom stereocenters. The number of anilines is 1. The monoisotopic (exact) mass is 376 g/mol. The van der Waals surface area contributed by atoms with Crippen molar-refractivity contribution in [2.45, 2.75) is 6.42 Å². The van der Waals surface area contributed by atoms with Crippen LogP contribution in [0.15, 0.2) is 84.9 Å². The molecule has 136 valence electrons. The van der Waals surface area contributed by atoms with Gasteiger partial charge in [-0.25, -0.2) is 0 Å². The van der Waals surface area contributed by atoms with Gasteiger partial charge in [-0.15, -0.1) is 0 Å².